The molecule has 99 valence electrons. The number of hydrogen-bond acceptors (Lipinski definition) is 5. The van der Waals surface area contributed by atoms with Gasteiger partial charge >= 0.3 is 36.7 Å². The molecule has 0 saturated carbocycles. The lowest BCUT2D eigenvalue weighted by Gasteiger charge is -2.35. The minimum absolute atomic E-state index is 0.141. The van der Waals surface area contributed by atoms with Crippen LogP contribution in [0.3, 0.4) is 0 Å². The lowest BCUT2D eigenvalue weighted by Crippen LogP contribution is -2.55. The Balaban J connectivity index is 2.68. The molecule has 0 spiro atoms. The highest BCUT2D eigenvalue weighted by Crippen LogP contribution is 2.19. The van der Waals surface area contributed by atoms with E-state index in [-0.39, 0.29) is 6.10 Å². The fourth-order valence-corrected chi connectivity index (χ4v) is 12.4. The Bertz CT molecular complexity index is 230. The monoisotopic (exact) mass is 309 g/mol. The van der Waals surface area contributed by atoms with Gasteiger partial charge in [0.2, 0.25) is 0 Å². The van der Waals surface area contributed by atoms with Gasteiger partial charge in [0.15, 0.2) is 0 Å². The standard InChI is InChI=1S/C8H21O5Si4/c1-7-8(2)9-17(6)12-15(4)10-14(3)11-16(5)13-17/h8H,7H2,1-6H3. The van der Waals surface area contributed by atoms with Crippen molar-refractivity contribution in [3.63, 3.8) is 0 Å². The highest BCUT2D eigenvalue weighted by Gasteiger charge is 2.44. The van der Waals surface area contributed by atoms with Gasteiger partial charge in [-0.05, 0) is 33.0 Å². The molecule has 0 amide bonds. The summed E-state index contributed by atoms with van der Waals surface area (Å²) in [5, 5.41) is 0. The Hall–Kier alpha value is 0.668. The highest BCUT2D eigenvalue weighted by molar-refractivity contribution is 6.77. The van der Waals surface area contributed by atoms with Crippen LogP contribution < -0.4 is 0 Å². The molecule has 0 N–H and O–H groups in total. The van der Waals surface area contributed by atoms with Gasteiger partial charge in [-0.15, -0.1) is 0 Å². The Morgan fingerprint density at radius 3 is 1.94 bits per heavy atom. The molecule has 1 saturated heterocycles. The summed E-state index contributed by atoms with van der Waals surface area (Å²) in [6.07, 6.45) is 1.08. The van der Waals surface area contributed by atoms with Crippen LogP contribution in [-0.4, -0.2) is 42.8 Å². The molecule has 0 aliphatic carbocycles. The lowest BCUT2D eigenvalue weighted by atomic mass is 10.3. The largest absolute Gasteiger partial charge is 0.479 e. The van der Waals surface area contributed by atoms with E-state index in [0.29, 0.717) is 0 Å². The summed E-state index contributed by atoms with van der Waals surface area (Å²) in [4.78, 5) is 0. The third kappa shape index (κ3) is 5.44. The van der Waals surface area contributed by atoms with Crippen molar-refractivity contribution in [1.29, 1.82) is 0 Å². The lowest BCUT2D eigenvalue weighted by molar-refractivity contribution is 0.0991. The van der Waals surface area contributed by atoms with E-state index in [1.54, 1.807) is 0 Å². The van der Waals surface area contributed by atoms with Gasteiger partial charge in [-0.2, -0.15) is 0 Å². The van der Waals surface area contributed by atoms with E-state index in [1.807, 2.05) is 33.1 Å². The van der Waals surface area contributed by atoms with Crippen molar-refractivity contribution in [2.75, 3.05) is 0 Å². The summed E-state index contributed by atoms with van der Waals surface area (Å²) in [6.45, 7) is 11.9. The first kappa shape index (κ1) is 15.7. The molecule has 1 atom stereocenters. The topological polar surface area (TPSA) is 46.2 Å². The summed E-state index contributed by atoms with van der Waals surface area (Å²) in [7, 11) is -6.50. The molecule has 1 aliphatic rings. The van der Waals surface area contributed by atoms with Crippen LogP contribution in [-0.2, 0) is 20.9 Å². The van der Waals surface area contributed by atoms with E-state index in [2.05, 4.69) is 6.92 Å². The van der Waals surface area contributed by atoms with Gasteiger partial charge in [0.25, 0.3) is 0 Å². The zero-order chi connectivity index (χ0) is 13.1. The van der Waals surface area contributed by atoms with Crippen molar-refractivity contribution in [2.24, 2.45) is 0 Å². The van der Waals surface area contributed by atoms with E-state index >= 15 is 0 Å². The van der Waals surface area contributed by atoms with Crippen LogP contribution in [0.1, 0.15) is 20.3 Å². The van der Waals surface area contributed by atoms with E-state index in [9.17, 15) is 0 Å². The molecule has 5 nitrogen and oxygen atoms in total. The molecule has 1 aliphatic heterocycles. The van der Waals surface area contributed by atoms with Crippen molar-refractivity contribution in [3.8, 4) is 0 Å². The highest BCUT2D eigenvalue weighted by atomic mass is 28.5. The Morgan fingerprint density at radius 2 is 1.53 bits per heavy atom. The summed E-state index contributed by atoms with van der Waals surface area (Å²) in [5.74, 6) is 0. The van der Waals surface area contributed by atoms with E-state index in [1.165, 1.54) is 0 Å². The maximum atomic E-state index is 5.94. The minimum atomic E-state index is -2.60. The van der Waals surface area contributed by atoms with Gasteiger partial charge in [0.05, 0.1) is 0 Å². The summed E-state index contributed by atoms with van der Waals surface area (Å²) < 4.78 is 29.3. The maximum Gasteiger partial charge on any atom is 0.479 e. The quantitative estimate of drug-likeness (QED) is 0.744. The molecule has 3 radical (unpaired) electrons. The summed E-state index contributed by atoms with van der Waals surface area (Å²) in [5.41, 5.74) is 0. The van der Waals surface area contributed by atoms with Crippen LogP contribution in [0.5, 0.6) is 0 Å². The van der Waals surface area contributed by atoms with Crippen molar-refractivity contribution in [2.45, 2.75) is 52.6 Å². The van der Waals surface area contributed by atoms with Gasteiger partial charge in [-0.25, -0.2) is 0 Å². The molecule has 0 aromatic rings. The van der Waals surface area contributed by atoms with Crippen LogP contribution >= 0.6 is 0 Å². The fraction of sp³-hybridized carbons (Fsp3) is 1.00. The van der Waals surface area contributed by atoms with Crippen LogP contribution in [0.25, 0.3) is 0 Å². The molecule has 9 heteroatoms. The molecular weight excluding hydrogens is 288 g/mol. The second-order valence-corrected chi connectivity index (χ2v) is 12.3. The Kier molecular flexibility index (Phi) is 6.22. The molecular formula is C8H21O5Si4. The maximum absolute atomic E-state index is 5.94. The first-order valence-corrected chi connectivity index (χ1v) is 13.4. The summed E-state index contributed by atoms with van der Waals surface area (Å²) in [6, 6.07) is 0. The van der Waals surface area contributed by atoms with Crippen molar-refractivity contribution >= 4 is 36.7 Å². The predicted molar refractivity (Wildman–Crippen MR) is 71.7 cm³/mol. The molecule has 1 heterocycles. The van der Waals surface area contributed by atoms with Gasteiger partial charge in [-0.3, -0.25) is 0 Å². The normalized spacial score (nSPS) is 26.5. The van der Waals surface area contributed by atoms with Crippen molar-refractivity contribution < 1.29 is 20.9 Å². The molecule has 1 fully saturated rings. The second-order valence-electron chi connectivity index (χ2n) is 4.08. The first-order chi connectivity index (χ1) is 7.84. The minimum Gasteiger partial charge on any atom is -0.414 e. The molecule has 1 unspecified atom stereocenters. The number of hydrogen-bond donors (Lipinski definition) is 0. The average molecular weight is 310 g/mol. The SMILES string of the molecule is CCC(C)O[Si]1(C)O[Si](C)O[Si](C)O[Si](C)O1. The van der Waals surface area contributed by atoms with Crippen molar-refractivity contribution in [3.05, 3.63) is 0 Å². The van der Waals surface area contributed by atoms with Crippen LogP contribution in [0, 0.1) is 0 Å². The Labute approximate surface area is 110 Å². The van der Waals surface area contributed by atoms with Crippen LogP contribution in [0.15, 0.2) is 0 Å². The number of rotatable bonds is 3. The molecule has 17 heavy (non-hydrogen) atoms. The van der Waals surface area contributed by atoms with Gasteiger partial charge in [-0.1, -0.05) is 6.92 Å². The first-order valence-electron chi connectivity index (χ1n) is 5.77. The van der Waals surface area contributed by atoms with E-state index in [0.717, 1.165) is 6.42 Å². The zero-order valence-electron chi connectivity index (χ0n) is 11.3. The Morgan fingerprint density at radius 1 is 1.06 bits per heavy atom. The molecule has 0 aromatic carbocycles. The van der Waals surface area contributed by atoms with Gasteiger partial charge in [0.1, 0.15) is 0 Å². The molecule has 0 bridgehead atoms. The van der Waals surface area contributed by atoms with Gasteiger partial charge < -0.3 is 20.9 Å². The smallest absolute Gasteiger partial charge is 0.414 e. The van der Waals surface area contributed by atoms with E-state index < -0.39 is 36.7 Å². The van der Waals surface area contributed by atoms with Crippen LogP contribution in [0.4, 0.5) is 0 Å². The molecule has 0 aromatic heterocycles. The zero-order valence-corrected chi connectivity index (χ0v) is 15.3. The van der Waals surface area contributed by atoms with Crippen molar-refractivity contribution in [1.82, 2.24) is 0 Å². The fourth-order valence-electron chi connectivity index (χ4n) is 1.51. The third-order valence-electron chi connectivity index (χ3n) is 2.22. The third-order valence-corrected chi connectivity index (χ3v) is 12.9. The van der Waals surface area contributed by atoms with Crippen LogP contribution in [0.2, 0.25) is 26.2 Å². The second kappa shape index (κ2) is 6.72. The molecule has 1 rings (SSSR count). The van der Waals surface area contributed by atoms with E-state index in [4.69, 9.17) is 20.9 Å². The summed E-state index contributed by atoms with van der Waals surface area (Å²) >= 11 is 0. The average Bonchev–Trinajstić information content (AvgIpc) is 2.13. The predicted octanol–water partition coefficient (Wildman–Crippen LogP) is 1.80. The van der Waals surface area contributed by atoms with Gasteiger partial charge in [0, 0.05) is 12.7 Å².